The van der Waals surface area contributed by atoms with Crippen LogP contribution in [-0.2, 0) is 0 Å². The van der Waals surface area contributed by atoms with E-state index in [1.165, 1.54) is 51.4 Å². The van der Waals surface area contributed by atoms with Crippen molar-refractivity contribution in [2.24, 2.45) is 0 Å². The van der Waals surface area contributed by atoms with Crippen LogP contribution in [0.3, 0.4) is 0 Å². The lowest BCUT2D eigenvalue weighted by molar-refractivity contribution is 0.444. The molecule has 0 unspecified atom stereocenters. The normalized spacial score (nSPS) is 23.1. The monoisotopic (exact) mass is 257 g/mol. The molecule has 1 aliphatic heterocycles. The summed E-state index contributed by atoms with van der Waals surface area (Å²) < 4.78 is 0. The molecule has 97 valence electrons. The number of hydrogen-bond acceptors (Lipinski definition) is 0. The molecule has 0 atom stereocenters. The van der Waals surface area contributed by atoms with Gasteiger partial charge in [0.25, 0.3) is 0 Å². The van der Waals surface area contributed by atoms with Crippen LogP contribution >= 0.6 is 0 Å². The van der Waals surface area contributed by atoms with Crippen LogP contribution in [0.2, 0.25) is 12.1 Å². The van der Waals surface area contributed by atoms with Crippen molar-refractivity contribution in [3.63, 3.8) is 0 Å². The second-order valence-corrected chi connectivity index (χ2v) is 9.38. The van der Waals surface area contributed by atoms with E-state index >= 15 is 0 Å². The van der Waals surface area contributed by atoms with Gasteiger partial charge in [-0.2, -0.15) is 0 Å². The van der Waals surface area contributed by atoms with Gasteiger partial charge in [0, 0.05) is 0 Å². The van der Waals surface area contributed by atoms with Crippen molar-refractivity contribution in [2.75, 3.05) is 0 Å². The van der Waals surface area contributed by atoms with Crippen molar-refractivity contribution in [3.05, 3.63) is 29.8 Å². The first-order chi connectivity index (χ1) is 8.95. The molecular weight excluding hydrogens is 232 g/mol. The Morgan fingerprint density at radius 1 is 0.944 bits per heavy atom. The summed E-state index contributed by atoms with van der Waals surface area (Å²) >= 11 is 0. The Hall–Kier alpha value is -0.563. The Kier molecular flexibility index (Phi) is 4.19. The Labute approximate surface area is 113 Å². The summed E-state index contributed by atoms with van der Waals surface area (Å²) in [4.78, 5) is 0. The van der Waals surface area contributed by atoms with Crippen LogP contribution in [0, 0.1) is 6.07 Å². The predicted octanol–water partition coefficient (Wildman–Crippen LogP) is 4.15. The van der Waals surface area contributed by atoms with Gasteiger partial charge in [-0.25, -0.2) is 0 Å². The minimum Gasteiger partial charge on any atom is -0.0630 e. The molecule has 0 N–H and O–H groups in total. The van der Waals surface area contributed by atoms with Crippen LogP contribution in [0.1, 0.15) is 62.8 Å². The van der Waals surface area contributed by atoms with Crippen molar-refractivity contribution in [3.8, 4) is 0 Å². The van der Waals surface area contributed by atoms with Gasteiger partial charge in [0.1, 0.15) is 0 Å². The third-order valence-electron chi connectivity index (χ3n) is 4.98. The topological polar surface area (TPSA) is 0 Å². The van der Waals surface area contributed by atoms with Crippen molar-refractivity contribution in [2.45, 2.75) is 69.4 Å². The van der Waals surface area contributed by atoms with Gasteiger partial charge in [0.05, 0.1) is 8.80 Å². The highest BCUT2D eigenvalue weighted by atomic mass is 28.3. The molecule has 1 heterocycles. The molecule has 0 bridgehead atoms. The first-order valence-corrected chi connectivity index (χ1v) is 10.2. The molecule has 0 aromatic heterocycles. The zero-order valence-corrected chi connectivity index (χ0v) is 12.6. The molecule has 1 aliphatic carbocycles. The van der Waals surface area contributed by atoms with E-state index in [9.17, 15) is 0 Å². The predicted molar refractivity (Wildman–Crippen MR) is 81.4 cm³/mol. The number of rotatable bonds is 2. The van der Waals surface area contributed by atoms with E-state index in [0.717, 1.165) is 5.92 Å². The summed E-state index contributed by atoms with van der Waals surface area (Å²) in [6.07, 6.45) is 11.7. The van der Waals surface area contributed by atoms with Gasteiger partial charge < -0.3 is 0 Å². The fourth-order valence-electron chi connectivity index (χ4n) is 3.98. The Bertz CT molecular complexity index is 336. The maximum atomic E-state index is 3.64. The highest BCUT2D eigenvalue weighted by Gasteiger charge is 2.24. The van der Waals surface area contributed by atoms with E-state index in [4.69, 9.17) is 0 Å². The zero-order chi connectivity index (χ0) is 12.2. The second kappa shape index (κ2) is 6.05. The van der Waals surface area contributed by atoms with Gasteiger partial charge in [0.2, 0.25) is 0 Å². The van der Waals surface area contributed by atoms with Gasteiger partial charge in [0.15, 0.2) is 0 Å². The molecular formula is C17H25Si. The van der Waals surface area contributed by atoms with Crippen molar-refractivity contribution in [1.29, 1.82) is 0 Å². The molecule has 1 aromatic rings. The Balaban J connectivity index is 1.83. The van der Waals surface area contributed by atoms with Crippen LogP contribution < -0.4 is 5.19 Å². The van der Waals surface area contributed by atoms with Gasteiger partial charge in [-0.1, -0.05) is 74.0 Å². The Morgan fingerprint density at radius 2 is 1.67 bits per heavy atom. The molecule has 1 radical (unpaired) electrons. The smallest absolute Gasteiger partial charge is 0.0630 e. The third kappa shape index (κ3) is 2.71. The Morgan fingerprint density at radius 3 is 2.44 bits per heavy atom. The summed E-state index contributed by atoms with van der Waals surface area (Å²) in [5.74, 6) is 0.851. The number of benzene rings is 1. The van der Waals surface area contributed by atoms with Crippen molar-refractivity contribution >= 4 is 14.0 Å². The first kappa shape index (κ1) is 12.5. The summed E-state index contributed by atoms with van der Waals surface area (Å²) in [6.45, 7) is 0. The average Bonchev–Trinajstić information content (AvgIpc) is 2.49. The molecule has 3 rings (SSSR count). The van der Waals surface area contributed by atoms with E-state index in [1.807, 2.05) is 0 Å². The third-order valence-corrected chi connectivity index (χ3v) is 8.57. The fraction of sp³-hybridized carbons (Fsp3) is 0.647. The lowest BCUT2D eigenvalue weighted by atomic mass is 9.84. The van der Waals surface area contributed by atoms with E-state index < -0.39 is 8.80 Å². The molecule has 2 fully saturated rings. The summed E-state index contributed by atoms with van der Waals surface area (Å²) in [6, 6.07) is 13.6. The quantitative estimate of drug-likeness (QED) is 0.698. The molecule has 1 aromatic carbocycles. The molecule has 0 nitrogen and oxygen atoms in total. The minimum absolute atomic E-state index is 0.626. The van der Waals surface area contributed by atoms with Crippen LogP contribution in [0.15, 0.2) is 18.2 Å². The standard InChI is InChI=1S/C17H25Si/c1-3-9-15(10-4-1)16-11-5-6-12-17(16)18-13-7-2-8-14-18/h5-6,12,15,18H,1-4,7-10,13-14H2. The largest absolute Gasteiger partial charge is 0.0712 e. The molecule has 2 aliphatic rings. The second-order valence-electron chi connectivity index (χ2n) is 6.21. The highest BCUT2D eigenvalue weighted by Crippen LogP contribution is 2.32. The minimum atomic E-state index is -0.626. The van der Waals surface area contributed by atoms with Crippen molar-refractivity contribution in [1.82, 2.24) is 0 Å². The zero-order valence-electron chi connectivity index (χ0n) is 11.5. The van der Waals surface area contributed by atoms with Gasteiger partial charge in [-0.15, -0.1) is 0 Å². The lowest BCUT2D eigenvalue weighted by Crippen LogP contribution is -2.35. The summed E-state index contributed by atoms with van der Waals surface area (Å²) in [5, 5.41) is 1.80. The van der Waals surface area contributed by atoms with Gasteiger partial charge in [-0.05, 0) is 30.4 Å². The fourth-order valence-corrected chi connectivity index (χ4v) is 7.59. The number of hydrogen-bond donors (Lipinski definition) is 0. The van der Waals surface area contributed by atoms with E-state index in [1.54, 1.807) is 22.8 Å². The maximum absolute atomic E-state index is 3.64. The molecule has 0 spiro atoms. The van der Waals surface area contributed by atoms with Crippen molar-refractivity contribution < 1.29 is 0 Å². The summed E-state index contributed by atoms with van der Waals surface area (Å²) in [7, 11) is -0.626. The first-order valence-electron chi connectivity index (χ1n) is 7.95. The van der Waals surface area contributed by atoms with E-state index in [2.05, 4.69) is 24.3 Å². The summed E-state index contributed by atoms with van der Waals surface area (Å²) in [5.41, 5.74) is 1.65. The van der Waals surface area contributed by atoms with Gasteiger partial charge in [-0.3, -0.25) is 0 Å². The van der Waals surface area contributed by atoms with Crippen LogP contribution in [-0.4, -0.2) is 8.80 Å². The van der Waals surface area contributed by atoms with Crippen LogP contribution in [0.25, 0.3) is 0 Å². The van der Waals surface area contributed by atoms with E-state index in [-0.39, 0.29) is 0 Å². The van der Waals surface area contributed by atoms with E-state index in [0.29, 0.717) is 0 Å². The molecule has 1 saturated heterocycles. The van der Waals surface area contributed by atoms with Crippen LogP contribution in [0.5, 0.6) is 0 Å². The van der Waals surface area contributed by atoms with Gasteiger partial charge >= 0.3 is 0 Å². The molecule has 18 heavy (non-hydrogen) atoms. The van der Waals surface area contributed by atoms with Crippen LogP contribution in [0.4, 0.5) is 0 Å². The molecule has 0 amide bonds. The average molecular weight is 257 g/mol. The SMILES string of the molecule is [c]1cccc([SiH]2CCCCC2)c1C1CCCCC1. The maximum Gasteiger partial charge on any atom is 0.0712 e. The lowest BCUT2D eigenvalue weighted by Gasteiger charge is -2.28. The molecule has 1 saturated carbocycles. The highest BCUT2D eigenvalue weighted by molar-refractivity contribution is 6.73. The molecule has 1 heteroatoms.